The van der Waals surface area contributed by atoms with E-state index < -0.39 is 11.4 Å². The fraction of sp³-hybridized carbons (Fsp3) is 0.400. The van der Waals surface area contributed by atoms with Crippen molar-refractivity contribution < 1.29 is 19.5 Å². The Balaban J connectivity index is 2.43. The molecule has 0 unspecified atom stereocenters. The number of nitrogens with one attached hydrogen (secondary N) is 3. The molecule has 0 radical (unpaired) electrons. The van der Waals surface area contributed by atoms with Crippen molar-refractivity contribution >= 4 is 17.9 Å². The van der Waals surface area contributed by atoms with Gasteiger partial charge in [0.25, 0.3) is 0 Å². The smallest absolute Gasteiger partial charge is 0.335 e. The highest BCUT2D eigenvalue weighted by atomic mass is 16.4. The standard InChI is InChI=1S/C15H21N3O4/c1-15(2,13(21)16-3)9-18-14(22)17-8-10-4-6-11(7-5-10)12(19)20/h4-7H,8-9H2,1-3H3,(H,16,21)(H,19,20)(H2,17,18,22). The van der Waals surface area contributed by atoms with Crippen molar-refractivity contribution in [3.63, 3.8) is 0 Å². The van der Waals surface area contributed by atoms with Gasteiger partial charge in [0.05, 0.1) is 11.0 Å². The molecule has 1 aromatic carbocycles. The zero-order valence-electron chi connectivity index (χ0n) is 12.9. The van der Waals surface area contributed by atoms with Gasteiger partial charge in [0, 0.05) is 20.1 Å². The Morgan fingerprint density at radius 2 is 1.68 bits per heavy atom. The monoisotopic (exact) mass is 307 g/mol. The summed E-state index contributed by atoms with van der Waals surface area (Å²) in [5.74, 6) is -1.15. The summed E-state index contributed by atoms with van der Waals surface area (Å²) in [6, 6.07) is 5.84. The van der Waals surface area contributed by atoms with Crippen molar-refractivity contribution in [2.24, 2.45) is 5.41 Å². The second-order valence-corrected chi connectivity index (χ2v) is 5.50. The van der Waals surface area contributed by atoms with E-state index in [1.54, 1.807) is 33.0 Å². The van der Waals surface area contributed by atoms with E-state index in [1.165, 1.54) is 12.1 Å². The molecule has 0 atom stereocenters. The topological polar surface area (TPSA) is 108 Å². The van der Waals surface area contributed by atoms with Crippen LogP contribution >= 0.6 is 0 Å². The van der Waals surface area contributed by atoms with Gasteiger partial charge >= 0.3 is 12.0 Å². The van der Waals surface area contributed by atoms with Crippen molar-refractivity contribution in [3.8, 4) is 0 Å². The minimum Gasteiger partial charge on any atom is -0.478 e. The molecule has 0 aliphatic rings. The van der Waals surface area contributed by atoms with Crippen LogP contribution in [0.15, 0.2) is 24.3 Å². The molecule has 1 rings (SSSR count). The number of hydrogen-bond donors (Lipinski definition) is 4. The predicted octanol–water partition coefficient (Wildman–Crippen LogP) is 0.956. The largest absolute Gasteiger partial charge is 0.478 e. The normalized spacial score (nSPS) is 10.7. The van der Waals surface area contributed by atoms with Crippen molar-refractivity contribution in [1.29, 1.82) is 0 Å². The van der Waals surface area contributed by atoms with Crippen LogP contribution in [0.25, 0.3) is 0 Å². The Morgan fingerprint density at radius 3 is 2.18 bits per heavy atom. The number of aromatic carboxylic acids is 1. The van der Waals surface area contributed by atoms with Crippen LogP contribution < -0.4 is 16.0 Å². The molecule has 7 heteroatoms. The molecule has 0 bridgehead atoms. The fourth-order valence-corrected chi connectivity index (χ4v) is 1.73. The zero-order chi connectivity index (χ0) is 16.8. The number of carbonyl (C=O) groups is 3. The Kier molecular flexibility index (Phi) is 5.91. The molecule has 0 fully saturated rings. The maximum absolute atomic E-state index is 11.7. The lowest BCUT2D eigenvalue weighted by molar-refractivity contribution is -0.128. The minimum absolute atomic E-state index is 0.156. The van der Waals surface area contributed by atoms with Gasteiger partial charge in [-0.2, -0.15) is 0 Å². The first kappa shape index (κ1) is 17.5. The van der Waals surface area contributed by atoms with Crippen LogP contribution in [0.2, 0.25) is 0 Å². The maximum Gasteiger partial charge on any atom is 0.335 e. The minimum atomic E-state index is -0.992. The molecule has 0 heterocycles. The summed E-state index contributed by atoms with van der Waals surface area (Å²) < 4.78 is 0. The lowest BCUT2D eigenvalue weighted by Crippen LogP contribution is -2.46. The molecule has 1 aromatic rings. The maximum atomic E-state index is 11.7. The number of benzene rings is 1. The molecule has 4 N–H and O–H groups in total. The van der Waals surface area contributed by atoms with E-state index in [1.807, 2.05) is 0 Å². The average molecular weight is 307 g/mol. The van der Waals surface area contributed by atoms with E-state index in [0.717, 1.165) is 5.56 Å². The van der Waals surface area contributed by atoms with Crippen LogP contribution in [0.5, 0.6) is 0 Å². The Bertz CT molecular complexity index is 552. The van der Waals surface area contributed by atoms with Crippen molar-refractivity contribution in [2.45, 2.75) is 20.4 Å². The second-order valence-electron chi connectivity index (χ2n) is 5.50. The summed E-state index contributed by atoms with van der Waals surface area (Å²) in [7, 11) is 1.55. The van der Waals surface area contributed by atoms with E-state index in [9.17, 15) is 14.4 Å². The van der Waals surface area contributed by atoms with Gasteiger partial charge in [-0.25, -0.2) is 9.59 Å². The predicted molar refractivity (Wildman–Crippen MR) is 81.5 cm³/mol. The number of carboxylic acids is 1. The van der Waals surface area contributed by atoms with Gasteiger partial charge in [0.1, 0.15) is 0 Å². The number of amides is 3. The quantitative estimate of drug-likeness (QED) is 0.627. The van der Waals surface area contributed by atoms with Crippen molar-refractivity contribution in [2.75, 3.05) is 13.6 Å². The van der Waals surface area contributed by atoms with Crippen molar-refractivity contribution in [3.05, 3.63) is 35.4 Å². The van der Waals surface area contributed by atoms with E-state index in [0.29, 0.717) is 0 Å². The summed E-state index contributed by atoms with van der Waals surface area (Å²) in [6.45, 7) is 3.94. The lowest BCUT2D eigenvalue weighted by Gasteiger charge is -2.22. The molecule has 0 saturated carbocycles. The van der Waals surface area contributed by atoms with Gasteiger partial charge in [-0.15, -0.1) is 0 Å². The molecular formula is C15H21N3O4. The number of hydrogen-bond acceptors (Lipinski definition) is 3. The molecule has 120 valence electrons. The fourth-order valence-electron chi connectivity index (χ4n) is 1.73. The number of urea groups is 1. The van der Waals surface area contributed by atoms with Crippen LogP contribution in [0.3, 0.4) is 0 Å². The van der Waals surface area contributed by atoms with Crippen LogP contribution in [-0.2, 0) is 11.3 Å². The first-order chi connectivity index (χ1) is 10.3. The molecule has 22 heavy (non-hydrogen) atoms. The highest BCUT2D eigenvalue weighted by Gasteiger charge is 2.26. The number of carbonyl (C=O) groups excluding carboxylic acids is 2. The van der Waals surface area contributed by atoms with Gasteiger partial charge < -0.3 is 21.1 Å². The molecule has 0 aliphatic heterocycles. The van der Waals surface area contributed by atoms with E-state index in [-0.39, 0.29) is 30.6 Å². The molecule has 0 aromatic heterocycles. The highest BCUT2D eigenvalue weighted by Crippen LogP contribution is 2.12. The first-order valence-electron chi connectivity index (χ1n) is 6.82. The van der Waals surface area contributed by atoms with Crippen LogP contribution in [0.4, 0.5) is 4.79 Å². The molecule has 0 saturated heterocycles. The lowest BCUT2D eigenvalue weighted by atomic mass is 9.92. The van der Waals surface area contributed by atoms with Gasteiger partial charge in [-0.1, -0.05) is 12.1 Å². The number of rotatable bonds is 6. The van der Waals surface area contributed by atoms with Crippen molar-refractivity contribution in [1.82, 2.24) is 16.0 Å². The molecule has 7 nitrogen and oxygen atoms in total. The average Bonchev–Trinajstić information content (AvgIpc) is 2.50. The Morgan fingerprint density at radius 1 is 1.09 bits per heavy atom. The number of carboxylic acid groups (broad SMARTS) is 1. The van der Waals surface area contributed by atoms with Crippen LogP contribution in [-0.4, -0.2) is 36.6 Å². The van der Waals surface area contributed by atoms with Crippen LogP contribution in [0.1, 0.15) is 29.8 Å². The third-order valence-electron chi connectivity index (χ3n) is 3.19. The van der Waals surface area contributed by atoms with E-state index in [4.69, 9.17) is 5.11 Å². The summed E-state index contributed by atoms with van der Waals surface area (Å²) in [6.07, 6.45) is 0. The summed E-state index contributed by atoms with van der Waals surface area (Å²) >= 11 is 0. The molecular weight excluding hydrogens is 286 g/mol. The van der Waals surface area contributed by atoms with Gasteiger partial charge in [0.2, 0.25) is 5.91 Å². The van der Waals surface area contributed by atoms with Gasteiger partial charge in [0.15, 0.2) is 0 Å². The van der Waals surface area contributed by atoms with Crippen LogP contribution in [0, 0.1) is 5.41 Å². The SMILES string of the molecule is CNC(=O)C(C)(C)CNC(=O)NCc1ccc(C(=O)O)cc1. The third-order valence-corrected chi connectivity index (χ3v) is 3.19. The zero-order valence-corrected chi connectivity index (χ0v) is 12.9. The van der Waals surface area contributed by atoms with E-state index in [2.05, 4.69) is 16.0 Å². The highest BCUT2D eigenvalue weighted by molar-refractivity contribution is 5.87. The van der Waals surface area contributed by atoms with Gasteiger partial charge in [-0.3, -0.25) is 4.79 Å². The van der Waals surface area contributed by atoms with Gasteiger partial charge in [-0.05, 0) is 31.5 Å². The molecule has 0 spiro atoms. The molecule has 0 aliphatic carbocycles. The molecule has 3 amide bonds. The summed E-state index contributed by atoms with van der Waals surface area (Å²) in [5, 5.41) is 16.6. The third kappa shape index (κ3) is 5.08. The Labute approximate surface area is 129 Å². The van der Waals surface area contributed by atoms with E-state index >= 15 is 0 Å². The summed E-state index contributed by atoms with van der Waals surface area (Å²) in [4.78, 5) is 34.0. The first-order valence-corrected chi connectivity index (χ1v) is 6.82. The summed E-state index contributed by atoms with van der Waals surface area (Å²) in [5.41, 5.74) is 0.279. The second kappa shape index (κ2) is 7.44. The Hall–Kier alpha value is -2.57.